The quantitative estimate of drug-likeness (QED) is 0.858. The van der Waals surface area contributed by atoms with Crippen molar-refractivity contribution in [3.8, 4) is 0 Å². The topological polar surface area (TPSA) is 70.6 Å². The molecule has 2 aromatic rings. The van der Waals surface area contributed by atoms with Gasteiger partial charge in [-0.05, 0) is 31.3 Å². The van der Waals surface area contributed by atoms with E-state index < -0.39 is 0 Å². The molecule has 0 spiro atoms. The van der Waals surface area contributed by atoms with Gasteiger partial charge in [-0.25, -0.2) is 9.78 Å². The zero-order valence-electron chi connectivity index (χ0n) is 13.9. The molecule has 1 aromatic heterocycles. The van der Waals surface area contributed by atoms with Gasteiger partial charge in [0.05, 0.1) is 12.7 Å². The van der Waals surface area contributed by atoms with Gasteiger partial charge >= 0.3 is 5.97 Å². The summed E-state index contributed by atoms with van der Waals surface area (Å²) in [5.74, 6) is 1.05. The molecule has 0 unspecified atom stereocenters. The molecule has 126 valence electrons. The van der Waals surface area contributed by atoms with E-state index in [0.29, 0.717) is 11.5 Å². The van der Waals surface area contributed by atoms with Crippen LogP contribution in [-0.4, -0.2) is 61.2 Å². The number of piperazine rings is 1. The van der Waals surface area contributed by atoms with Crippen LogP contribution in [0.1, 0.15) is 10.4 Å². The van der Waals surface area contributed by atoms with E-state index in [9.17, 15) is 4.79 Å². The van der Waals surface area contributed by atoms with Crippen LogP contribution in [0.4, 0.5) is 17.5 Å². The van der Waals surface area contributed by atoms with Crippen molar-refractivity contribution in [3.63, 3.8) is 0 Å². The summed E-state index contributed by atoms with van der Waals surface area (Å²) in [4.78, 5) is 25.0. The number of likely N-dealkylation sites (N-methyl/N-ethyl adjacent to an activating group) is 1. The number of esters is 1. The maximum absolute atomic E-state index is 11.6. The van der Waals surface area contributed by atoms with E-state index in [1.807, 2.05) is 12.1 Å². The molecule has 1 fully saturated rings. The van der Waals surface area contributed by atoms with Crippen molar-refractivity contribution in [1.82, 2.24) is 14.9 Å². The van der Waals surface area contributed by atoms with Gasteiger partial charge in [0.1, 0.15) is 5.82 Å². The Morgan fingerprint density at radius 3 is 2.75 bits per heavy atom. The Morgan fingerprint density at radius 1 is 1.21 bits per heavy atom. The van der Waals surface area contributed by atoms with E-state index in [2.05, 4.69) is 32.1 Å². The number of benzene rings is 1. The SMILES string of the molecule is COC(=O)c1cccc(Nc2nccc(N3CCN(C)CC3)n2)c1. The standard InChI is InChI=1S/C17H21N5O2/c1-21-8-10-22(11-9-21)15-6-7-18-17(20-15)19-14-5-3-4-13(12-14)16(23)24-2/h3-7,12H,8-11H2,1-2H3,(H,18,19,20). The van der Waals surface area contributed by atoms with Gasteiger partial charge in [0, 0.05) is 38.1 Å². The number of hydrogen-bond donors (Lipinski definition) is 1. The number of aromatic nitrogens is 2. The fourth-order valence-corrected chi connectivity index (χ4v) is 2.59. The minimum Gasteiger partial charge on any atom is -0.465 e. The molecule has 7 heteroatoms. The lowest BCUT2D eigenvalue weighted by Crippen LogP contribution is -2.44. The number of nitrogens with zero attached hydrogens (tertiary/aromatic N) is 4. The molecule has 0 radical (unpaired) electrons. The Kier molecular flexibility index (Phi) is 4.90. The Labute approximate surface area is 141 Å². The van der Waals surface area contributed by atoms with Crippen LogP contribution in [0.5, 0.6) is 0 Å². The van der Waals surface area contributed by atoms with Crippen molar-refractivity contribution in [1.29, 1.82) is 0 Å². The molecule has 7 nitrogen and oxygen atoms in total. The van der Waals surface area contributed by atoms with E-state index in [0.717, 1.165) is 37.7 Å². The summed E-state index contributed by atoms with van der Waals surface area (Å²) < 4.78 is 4.74. The summed E-state index contributed by atoms with van der Waals surface area (Å²) in [7, 11) is 3.49. The predicted molar refractivity (Wildman–Crippen MR) is 92.8 cm³/mol. The van der Waals surface area contributed by atoms with E-state index in [1.54, 1.807) is 24.4 Å². The fourth-order valence-electron chi connectivity index (χ4n) is 2.59. The molecule has 0 amide bonds. The molecule has 24 heavy (non-hydrogen) atoms. The van der Waals surface area contributed by atoms with Crippen LogP contribution in [0.3, 0.4) is 0 Å². The molecule has 1 aliphatic rings. The maximum atomic E-state index is 11.6. The molecule has 0 saturated carbocycles. The number of methoxy groups -OCH3 is 1. The fraction of sp³-hybridized carbons (Fsp3) is 0.353. The van der Waals surface area contributed by atoms with Crippen LogP contribution >= 0.6 is 0 Å². The summed E-state index contributed by atoms with van der Waals surface area (Å²) in [5.41, 5.74) is 1.23. The van der Waals surface area contributed by atoms with Gasteiger partial charge in [-0.15, -0.1) is 0 Å². The molecule has 3 rings (SSSR count). The lowest BCUT2D eigenvalue weighted by Gasteiger charge is -2.33. The Hall–Kier alpha value is -2.67. The lowest BCUT2D eigenvalue weighted by atomic mass is 10.2. The number of anilines is 3. The van der Waals surface area contributed by atoms with Crippen molar-refractivity contribution < 1.29 is 9.53 Å². The first-order chi connectivity index (χ1) is 11.7. The number of rotatable bonds is 4. The third-order valence-electron chi connectivity index (χ3n) is 4.01. The van der Waals surface area contributed by atoms with Gasteiger partial charge in [-0.1, -0.05) is 6.07 Å². The monoisotopic (exact) mass is 327 g/mol. The average molecular weight is 327 g/mol. The van der Waals surface area contributed by atoms with Gasteiger partial charge in [0.2, 0.25) is 5.95 Å². The van der Waals surface area contributed by atoms with Crippen molar-refractivity contribution in [2.45, 2.75) is 0 Å². The van der Waals surface area contributed by atoms with Crippen LogP contribution < -0.4 is 10.2 Å². The highest BCUT2D eigenvalue weighted by atomic mass is 16.5. The van der Waals surface area contributed by atoms with Gasteiger partial charge in [-0.3, -0.25) is 0 Å². The normalized spacial score (nSPS) is 15.2. The third kappa shape index (κ3) is 3.80. The van der Waals surface area contributed by atoms with E-state index in [1.165, 1.54) is 7.11 Å². The van der Waals surface area contributed by atoms with Gasteiger partial charge in [-0.2, -0.15) is 4.98 Å². The highest BCUT2D eigenvalue weighted by Crippen LogP contribution is 2.18. The van der Waals surface area contributed by atoms with Crippen LogP contribution in [0, 0.1) is 0 Å². The number of carbonyl (C=O) groups is 1. The third-order valence-corrected chi connectivity index (χ3v) is 4.01. The summed E-state index contributed by atoms with van der Waals surface area (Å²) >= 11 is 0. The molecular formula is C17H21N5O2. The molecule has 0 atom stereocenters. The van der Waals surface area contributed by atoms with Crippen molar-refractivity contribution in [3.05, 3.63) is 42.1 Å². The molecule has 1 saturated heterocycles. The summed E-state index contributed by atoms with van der Waals surface area (Å²) in [6, 6.07) is 8.99. The number of ether oxygens (including phenoxy) is 1. The van der Waals surface area contributed by atoms with E-state index >= 15 is 0 Å². The van der Waals surface area contributed by atoms with E-state index in [4.69, 9.17) is 4.74 Å². The van der Waals surface area contributed by atoms with Crippen LogP contribution in [0.25, 0.3) is 0 Å². The Balaban J connectivity index is 1.74. The first-order valence-corrected chi connectivity index (χ1v) is 7.87. The second kappa shape index (κ2) is 7.27. The highest BCUT2D eigenvalue weighted by molar-refractivity contribution is 5.90. The molecule has 0 aliphatic carbocycles. The molecule has 1 N–H and O–H groups in total. The van der Waals surface area contributed by atoms with Crippen LogP contribution in [-0.2, 0) is 4.74 Å². The van der Waals surface area contributed by atoms with Gasteiger partial charge in [0.15, 0.2) is 0 Å². The molecule has 0 bridgehead atoms. The summed E-state index contributed by atoms with van der Waals surface area (Å²) in [6.45, 7) is 3.94. The van der Waals surface area contributed by atoms with Crippen LogP contribution in [0.2, 0.25) is 0 Å². The first-order valence-electron chi connectivity index (χ1n) is 7.87. The second-order valence-electron chi connectivity index (χ2n) is 5.73. The lowest BCUT2D eigenvalue weighted by molar-refractivity contribution is 0.0601. The number of nitrogens with one attached hydrogen (secondary N) is 1. The van der Waals surface area contributed by atoms with Crippen molar-refractivity contribution in [2.24, 2.45) is 0 Å². The molecule has 1 aromatic carbocycles. The van der Waals surface area contributed by atoms with E-state index in [-0.39, 0.29) is 5.97 Å². The largest absolute Gasteiger partial charge is 0.465 e. The molecule has 1 aliphatic heterocycles. The van der Waals surface area contributed by atoms with Crippen molar-refractivity contribution in [2.75, 3.05) is 50.6 Å². The minimum absolute atomic E-state index is 0.370. The Morgan fingerprint density at radius 2 is 2.00 bits per heavy atom. The van der Waals surface area contributed by atoms with Crippen molar-refractivity contribution >= 4 is 23.4 Å². The molecular weight excluding hydrogens is 306 g/mol. The predicted octanol–water partition coefficient (Wildman–Crippen LogP) is 1.76. The van der Waals surface area contributed by atoms with Crippen LogP contribution in [0.15, 0.2) is 36.5 Å². The van der Waals surface area contributed by atoms with Gasteiger partial charge in [0.25, 0.3) is 0 Å². The zero-order valence-corrected chi connectivity index (χ0v) is 13.9. The maximum Gasteiger partial charge on any atom is 0.337 e. The smallest absolute Gasteiger partial charge is 0.337 e. The molecule has 2 heterocycles. The number of hydrogen-bond acceptors (Lipinski definition) is 7. The minimum atomic E-state index is -0.370. The summed E-state index contributed by atoms with van der Waals surface area (Å²) in [6.07, 6.45) is 1.74. The number of carbonyl (C=O) groups excluding carboxylic acids is 1. The van der Waals surface area contributed by atoms with Gasteiger partial charge < -0.3 is 19.9 Å². The zero-order chi connectivity index (χ0) is 16.9. The first kappa shape index (κ1) is 16.2. The Bertz CT molecular complexity index is 714. The second-order valence-corrected chi connectivity index (χ2v) is 5.73. The highest BCUT2D eigenvalue weighted by Gasteiger charge is 2.15. The summed E-state index contributed by atoms with van der Waals surface area (Å²) in [5, 5.41) is 3.14. The average Bonchev–Trinajstić information content (AvgIpc) is 2.62.